The van der Waals surface area contributed by atoms with E-state index in [1.54, 1.807) is 0 Å². The summed E-state index contributed by atoms with van der Waals surface area (Å²) in [6.45, 7) is 3.13. The Morgan fingerprint density at radius 2 is 2.40 bits per heavy atom. The molecule has 0 aromatic heterocycles. The summed E-state index contributed by atoms with van der Waals surface area (Å²) in [6.07, 6.45) is 2.12. The summed E-state index contributed by atoms with van der Waals surface area (Å²) in [6, 6.07) is 0.00656. The molecule has 0 unspecified atom stereocenters. The quantitative estimate of drug-likeness (QED) is 0.555. The molecular weight excluding hydrogens is 146 g/mol. The normalized spacial score (nSPS) is 33.8. The summed E-state index contributed by atoms with van der Waals surface area (Å²) >= 11 is 3.78. The fourth-order valence-corrected chi connectivity index (χ4v) is 1.49. The van der Waals surface area contributed by atoms with Crippen molar-refractivity contribution < 1.29 is 4.79 Å². The minimum Gasteiger partial charge on any atom is -0.307 e. The fourth-order valence-electron chi connectivity index (χ4n) is 1.30. The van der Waals surface area contributed by atoms with Crippen molar-refractivity contribution in [2.75, 3.05) is 6.54 Å². The van der Waals surface area contributed by atoms with Gasteiger partial charge in [-0.25, -0.2) is 0 Å². The van der Waals surface area contributed by atoms with Crippen LogP contribution in [0.5, 0.6) is 0 Å². The minimum atomic E-state index is -0.0217. The van der Waals surface area contributed by atoms with E-state index in [0.29, 0.717) is 5.92 Å². The van der Waals surface area contributed by atoms with Crippen LogP contribution in [0.15, 0.2) is 0 Å². The smallest absolute Gasteiger partial charge is 0.202 e. The molecule has 1 aliphatic heterocycles. The van der Waals surface area contributed by atoms with Crippen LogP contribution in [0.2, 0.25) is 0 Å². The lowest BCUT2D eigenvalue weighted by Gasteiger charge is -2.25. The standard InChI is InChI=1S/C7H13NOS/c1-5-2-3-8-6(4-5)7(9)10/h5-6,8H,2-4H2,1H3,(H,9,10)/t5-,6-/m0/s1. The number of carbonyl (C=O) groups is 1. The molecule has 1 saturated heterocycles. The first-order valence-electron chi connectivity index (χ1n) is 3.66. The van der Waals surface area contributed by atoms with Crippen LogP contribution in [-0.2, 0) is 4.79 Å². The zero-order valence-electron chi connectivity index (χ0n) is 6.13. The van der Waals surface area contributed by atoms with Crippen molar-refractivity contribution in [3.63, 3.8) is 0 Å². The van der Waals surface area contributed by atoms with Gasteiger partial charge in [0.15, 0.2) is 0 Å². The zero-order chi connectivity index (χ0) is 7.56. The second kappa shape index (κ2) is 3.39. The third-order valence-corrected chi connectivity index (χ3v) is 2.28. The maximum Gasteiger partial charge on any atom is 0.202 e. The van der Waals surface area contributed by atoms with Gasteiger partial charge in [0.2, 0.25) is 5.12 Å². The molecule has 1 fully saturated rings. The van der Waals surface area contributed by atoms with Crippen molar-refractivity contribution in [2.45, 2.75) is 25.8 Å². The third-order valence-electron chi connectivity index (χ3n) is 1.96. The Kier molecular flexibility index (Phi) is 2.74. The molecule has 0 aliphatic carbocycles. The first kappa shape index (κ1) is 8.08. The molecule has 1 N–H and O–H groups in total. The largest absolute Gasteiger partial charge is 0.307 e. The molecule has 58 valence electrons. The topological polar surface area (TPSA) is 29.1 Å². The Hall–Kier alpha value is -0.0200. The Morgan fingerprint density at radius 3 is 2.80 bits per heavy atom. The van der Waals surface area contributed by atoms with E-state index in [-0.39, 0.29) is 11.2 Å². The predicted octanol–water partition coefficient (Wildman–Crippen LogP) is 0.831. The van der Waals surface area contributed by atoms with Crippen LogP contribution in [0.3, 0.4) is 0 Å². The molecule has 2 nitrogen and oxygen atoms in total. The first-order valence-corrected chi connectivity index (χ1v) is 4.11. The highest BCUT2D eigenvalue weighted by Gasteiger charge is 2.21. The fraction of sp³-hybridized carbons (Fsp3) is 0.857. The molecule has 2 atom stereocenters. The summed E-state index contributed by atoms with van der Waals surface area (Å²) < 4.78 is 0. The van der Waals surface area contributed by atoms with Crippen LogP contribution in [0, 0.1) is 5.92 Å². The van der Waals surface area contributed by atoms with Gasteiger partial charge in [0.25, 0.3) is 0 Å². The van der Waals surface area contributed by atoms with Gasteiger partial charge in [-0.1, -0.05) is 6.92 Å². The lowest BCUT2D eigenvalue weighted by atomic mass is 9.95. The number of hydrogen-bond donors (Lipinski definition) is 2. The monoisotopic (exact) mass is 159 g/mol. The van der Waals surface area contributed by atoms with Gasteiger partial charge in [-0.15, -0.1) is 12.6 Å². The van der Waals surface area contributed by atoms with E-state index in [1.807, 2.05) is 0 Å². The predicted molar refractivity (Wildman–Crippen MR) is 44.2 cm³/mol. The number of carbonyl (C=O) groups excluding carboxylic acids is 1. The Bertz CT molecular complexity index is 138. The van der Waals surface area contributed by atoms with Crippen LogP contribution in [0.1, 0.15) is 19.8 Å². The summed E-state index contributed by atoms with van der Waals surface area (Å²) in [7, 11) is 0. The third kappa shape index (κ3) is 1.99. The first-order chi connectivity index (χ1) is 4.70. The molecule has 10 heavy (non-hydrogen) atoms. The highest BCUT2D eigenvalue weighted by molar-refractivity contribution is 7.96. The molecular formula is C7H13NOS. The van der Waals surface area contributed by atoms with Gasteiger partial charge >= 0.3 is 0 Å². The molecule has 0 amide bonds. The summed E-state index contributed by atoms with van der Waals surface area (Å²) in [5.41, 5.74) is 0. The number of rotatable bonds is 1. The molecule has 1 heterocycles. The lowest BCUT2D eigenvalue weighted by Crippen LogP contribution is -2.41. The van der Waals surface area contributed by atoms with Gasteiger partial charge < -0.3 is 5.32 Å². The highest BCUT2D eigenvalue weighted by atomic mass is 32.1. The molecule has 0 aromatic carbocycles. The maximum absolute atomic E-state index is 10.7. The lowest BCUT2D eigenvalue weighted by molar-refractivity contribution is -0.113. The van der Waals surface area contributed by atoms with E-state index in [4.69, 9.17) is 0 Å². The second-order valence-corrected chi connectivity index (χ2v) is 3.42. The molecule has 1 aliphatic rings. The van der Waals surface area contributed by atoms with E-state index >= 15 is 0 Å². The van der Waals surface area contributed by atoms with Crippen molar-refractivity contribution in [2.24, 2.45) is 5.92 Å². The van der Waals surface area contributed by atoms with Crippen LogP contribution in [0.4, 0.5) is 0 Å². The van der Waals surface area contributed by atoms with E-state index in [2.05, 4.69) is 24.9 Å². The molecule has 0 spiro atoms. The molecule has 3 heteroatoms. The van der Waals surface area contributed by atoms with Crippen LogP contribution >= 0.6 is 12.6 Å². The van der Waals surface area contributed by atoms with Crippen molar-refractivity contribution in [1.82, 2.24) is 5.32 Å². The number of thiol groups is 1. The molecule has 0 saturated carbocycles. The van der Waals surface area contributed by atoms with Crippen LogP contribution in [0.25, 0.3) is 0 Å². The Morgan fingerprint density at radius 1 is 1.70 bits per heavy atom. The number of hydrogen-bond acceptors (Lipinski definition) is 2. The molecule has 0 radical (unpaired) electrons. The summed E-state index contributed by atoms with van der Waals surface area (Å²) in [5.74, 6) is 0.669. The van der Waals surface area contributed by atoms with Gasteiger partial charge in [0.05, 0.1) is 6.04 Å². The minimum absolute atomic E-state index is 0.00656. The maximum atomic E-state index is 10.7. The van der Waals surface area contributed by atoms with Gasteiger partial charge in [0.1, 0.15) is 0 Å². The van der Waals surface area contributed by atoms with Crippen molar-refractivity contribution >= 4 is 17.7 Å². The van der Waals surface area contributed by atoms with E-state index in [1.165, 1.54) is 6.42 Å². The number of piperidine rings is 1. The average molecular weight is 159 g/mol. The van der Waals surface area contributed by atoms with Gasteiger partial charge in [0, 0.05) is 0 Å². The van der Waals surface area contributed by atoms with Crippen molar-refractivity contribution in [3.8, 4) is 0 Å². The van der Waals surface area contributed by atoms with Gasteiger partial charge in [-0.05, 0) is 25.3 Å². The van der Waals surface area contributed by atoms with Crippen LogP contribution < -0.4 is 5.32 Å². The SMILES string of the molecule is C[C@H]1CCN[C@H](C(=O)S)C1. The van der Waals surface area contributed by atoms with Crippen molar-refractivity contribution in [3.05, 3.63) is 0 Å². The van der Waals surface area contributed by atoms with Crippen LogP contribution in [-0.4, -0.2) is 17.7 Å². The summed E-state index contributed by atoms with van der Waals surface area (Å²) in [5, 5.41) is 3.10. The Balaban J connectivity index is 2.39. The molecule has 1 rings (SSSR count). The number of nitrogens with one attached hydrogen (secondary N) is 1. The van der Waals surface area contributed by atoms with E-state index in [0.717, 1.165) is 13.0 Å². The zero-order valence-corrected chi connectivity index (χ0v) is 7.03. The van der Waals surface area contributed by atoms with E-state index in [9.17, 15) is 4.79 Å². The van der Waals surface area contributed by atoms with Gasteiger partial charge in [-0.2, -0.15) is 0 Å². The summed E-state index contributed by atoms with van der Waals surface area (Å²) in [4.78, 5) is 10.7. The second-order valence-electron chi connectivity index (χ2n) is 2.97. The van der Waals surface area contributed by atoms with Gasteiger partial charge in [-0.3, -0.25) is 4.79 Å². The van der Waals surface area contributed by atoms with Crippen molar-refractivity contribution in [1.29, 1.82) is 0 Å². The van der Waals surface area contributed by atoms with E-state index < -0.39 is 0 Å². The highest BCUT2D eigenvalue weighted by Crippen LogP contribution is 2.15. The average Bonchev–Trinajstić information content (AvgIpc) is 1.88. The molecule has 0 aromatic rings. The Labute approximate surface area is 66.8 Å². The molecule has 0 bridgehead atoms.